The molecule has 0 bridgehead atoms. The van der Waals surface area contributed by atoms with Crippen LogP contribution in [0.25, 0.3) is 0 Å². The van der Waals surface area contributed by atoms with E-state index < -0.39 is 17.3 Å². The predicted molar refractivity (Wildman–Crippen MR) is 61.4 cm³/mol. The lowest BCUT2D eigenvalue weighted by Crippen LogP contribution is -1.98. The molecule has 1 aromatic rings. The molecule has 0 spiro atoms. The van der Waals surface area contributed by atoms with Gasteiger partial charge in [-0.05, 0) is 22.6 Å². The van der Waals surface area contributed by atoms with Gasteiger partial charge in [0, 0.05) is 12.1 Å². The van der Waals surface area contributed by atoms with Crippen molar-refractivity contribution in [1.29, 1.82) is 10.5 Å². The summed E-state index contributed by atoms with van der Waals surface area (Å²) in [6.45, 7) is 0. The second kappa shape index (κ2) is 5.37. The number of nitrogens with one attached hydrogen (secondary N) is 1. The Kier molecular flexibility index (Phi) is 4.14. The maximum Gasteiger partial charge on any atom is 0.237 e. The Morgan fingerprint density at radius 2 is 1.75 bits per heavy atom. The molecule has 1 N–H and O–H groups in total. The fourth-order valence-corrected chi connectivity index (χ4v) is 1.13. The van der Waals surface area contributed by atoms with Crippen LogP contribution in [-0.4, -0.2) is 5.71 Å². The molecule has 0 unspecified atom stereocenters. The summed E-state index contributed by atoms with van der Waals surface area (Å²) in [5.41, 5.74) is 1.81. The zero-order valence-corrected chi connectivity index (χ0v) is 9.79. The third-order valence-electron chi connectivity index (χ3n) is 1.49. The molecule has 4 nitrogen and oxygen atoms in total. The molecule has 1 aromatic carbocycles. The summed E-state index contributed by atoms with van der Waals surface area (Å²) in [5.74, 6) is -1.48. The van der Waals surface area contributed by atoms with Gasteiger partial charge >= 0.3 is 0 Å². The molecule has 0 aliphatic rings. The molecular weight excluding hydrogens is 329 g/mol. The number of hydrogen-bond acceptors (Lipinski definition) is 4. The van der Waals surface area contributed by atoms with Crippen LogP contribution in [0.3, 0.4) is 0 Å². The number of nitrogens with zero attached hydrogens (tertiary/aromatic N) is 3. The zero-order chi connectivity index (χ0) is 12.1. The molecule has 0 saturated carbocycles. The highest BCUT2D eigenvalue weighted by Gasteiger charge is 2.07. The topological polar surface area (TPSA) is 72.0 Å². The highest BCUT2D eigenvalue weighted by Crippen LogP contribution is 2.20. The maximum absolute atomic E-state index is 13.1. The Morgan fingerprint density at radius 3 is 2.19 bits per heavy atom. The van der Waals surface area contributed by atoms with Crippen molar-refractivity contribution in [3.05, 3.63) is 27.3 Å². The van der Waals surface area contributed by atoms with Crippen LogP contribution in [-0.2, 0) is 0 Å². The molecule has 1 rings (SSSR count). The molecule has 0 heterocycles. The Labute approximate surface area is 103 Å². The van der Waals surface area contributed by atoms with Crippen LogP contribution in [0, 0.1) is 37.9 Å². The maximum atomic E-state index is 13.1. The Hall–Kier alpha value is -1.74. The lowest BCUT2D eigenvalue weighted by Gasteiger charge is -2.02. The van der Waals surface area contributed by atoms with Crippen molar-refractivity contribution in [3.8, 4) is 12.1 Å². The monoisotopic (exact) mass is 332 g/mol. The minimum Gasteiger partial charge on any atom is -0.276 e. The quantitative estimate of drug-likeness (QED) is 0.391. The number of rotatable bonds is 2. The lowest BCUT2D eigenvalue weighted by molar-refractivity contribution is 0.571. The molecule has 80 valence electrons. The standard InChI is InChI=1S/C9H3F2IN4/c10-7-1-5(2-8(11)9(7)12)15-16-6(3-13)4-14/h1-2,15H. The molecule has 0 fully saturated rings. The van der Waals surface area contributed by atoms with E-state index in [2.05, 4.69) is 10.5 Å². The second-order valence-corrected chi connectivity index (χ2v) is 3.63. The fourth-order valence-electron chi connectivity index (χ4n) is 0.816. The van der Waals surface area contributed by atoms with Crippen molar-refractivity contribution < 1.29 is 8.78 Å². The molecular formula is C9H3F2IN4. The van der Waals surface area contributed by atoms with Gasteiger partial charge in [0.25, 0.3) is 0 Å². The number of hydrazone groups is 1. The first-order chi connectivity index (χ1) is 7.58. The molecule has 0 amide bonds. The summed E-state index contributed by atoms with van der Waals surface area (Å²) in [5, 5.41) is 20.1. The van der Waals surface area contributed by atoms with E-state index in [1.165, 1.54) is 34.7 Å². The van der Waals surface area contributed by atoms with Crippen LogP contribution in [0.1, 0.15) is 0 Å². The Bertz CT molecular complexity index is 488. The summed E-state index contributed by atoms with van der Waals surface area (Å²) in [7, 11) is 0. The van der Waals surface area contributed by atoms with Crippen LogP contribution < -0.4 is 5.43 Å². The van der Waals surface area contributed by atoms with Gasteiger partial charge in [-0.1, -0.05) is 0 Å². The number of benzene rings is 1. The van der Waals surface area contributed by atoms with E-state index in [0.29, 0.717) is 0 Å². The van der Waals surface area contributed by atoms with Crippen LogP contribution in [0.5, 0.6) is 0 Å². The summed E-state index contributed by atoms with van der Waals surface area (Å²) in [4.78, 5) is 0. The third-order valence-corrected chi connectivity index (χ3v) is 2.52. The van der Waals surface area contributed by atoms with Crippen LogP contribution in [0.2, 0.25) is 0 Å². The number of halogens is 3. The Morgan fingerprint density at radius 1 is 1.25 bits per heavy atom. The lowest BCUT2D eigenvalue weighted by atomic mass is 10.3. The summed E-state index contributed by atoms with van der Waals surface area (Å²) >= 11 is 1.52. The first kappa shape index (κ1) is 12.3. The number of anilines is 1. The van der Waals surface area contributed by atoms with Gasteiger partial charge in [0.15, 0.2) is 0 Å². The number of hydrogen-bond donors (Lipinski definition) is 1. The van der Waals surface area contributed by atoms with Crippen molar-refractivity contribution in [3.63, 3.8) is 0 Å². The molecule has 0 aliphatic carbocycles. The van der Waals surface area contributed by atoms with Gasteiger partial charge in [-0.2, -0.15) is 15.6 Å². The van der Waals surface area contributed by atoms with E-state index in [1.54, 1.807) is 0 Å². The summed E-state index contributed by atoms with van der Waals surface area (Å²) in [6, 6.07) is 5.03. The molecule has 0 atom stereocenters. The molecule has 0 aliphatic heterocycles. The minimum atomic E-state index is -0.742. The molecule has 16 heavy (non-hydrogen) atoms. The normalized spacial score (nSPS) is 8.81. The van der Waals surface area contributed by atoms with E-state index in [1.807, 2.05) is 0 Å². The van der Waals surface area contributed by atoms with Gasteiger partial charge in [-0.3, -0.25) is 5.43 Å². The van der Waals surface area contributed by atoms with Crippen molar-refractivity contribution in [1.82, 2.24) is 0 Å². The van der Waals surface area contributed by atoms with E-state index in [0.717, 1.165) is 12.1 Å². The van der Waals surface area contributed by atoms with Gasteiger partial charge in [0.2, 0.25) is 5.71 Å². The average Bonchev–Trinajstić information content (AvgIpc) is 2.27. The van der Waals surface area contributed by atoms with Crippen molar-refractivity contribution in [2.24, 2.45) is 5.10 Å². The van der Waals surface area contributed by atoms with E-state index in [-0.39, 0.29) is 9.26 Å². The summed E-state index contributed by atoms with van der Waals surface area (Å²) < 4.78 is 26.0. The van der Waals surface area contributed by atoms with E-state index in [9.17, 15) is 8.78 Å². The van der Waals surface area contributed by atoms with Crippen molar-refractivity contribution >= 4 is 34.0 Å². The number of nitriles is 2. The van der Waals surface area contributed by atoms with Crippen LogP contribution in [0.15, 0.2) is 17.2 Å². The average molecular weight is 332 g/mol. The summed E-state index contributed by atoms with van der Waals surface area (Å²) in [6.07, 6.45) is 0. The highest BCUT2D eigenvalue weighted by atomic mass is 127. The van der Waals surface area contributed by atoms with Gasteiger partial charge in [-0.25, -0.2) is 8.78 Å². The Balaban J connectivity index is 2.98. The predicted octanol–water partition coefficient (Wildman–Crippen LogP) is 2.38. The SMILES string of the molecule is N#CC(C#N)=NNc1cc(F)c(I)c(F)c1. The van der Waals surface area contributed by atoms with Crippen molar-refractivity contribution in [2.45, 2.75) is 0 Å². The van der Waals surface area contributed by atoms with Gasteiger partial charge in [0.05, 0.1) is 9.26 Å². The third kappa shape index (κ3) is 2.87. The first-order valence-electron chi connectivity index (χ1n) is 3.87. The van der Waals surface area contributed by atoms with Gasteiger partial charge in [-0.15, -0.1) is 0 Å². The van der Waals surface area contributed by atoms with Gasteiger partial charge in [0.1, 0.15) is 23.8 Å². The highest BCUT2D eigenvalue weighted by molar-refractivity contribution is 14.1. The van der Waals surface area contributed by atoms with Crippen LogP contribution >= 0.6 is 22.6 Å². The fraction of sp³-hybridized carbons (Fsp3) is 0. The van der Waals surface area contributed by atoms with Crippen molar-refractivity contribution in [2.75, 3.05) is 5.43 Å². The molecule has 7 heteroatoms. The van der Waals surface area contributed by atoms with Gasteiger partial charge < -0.3 is 0 Å². The van der Waals surface area contributed by atoms with E-state index >= 15 is 0 Å². The molecule has 0 radical (unpaired) electrons. The first-order valence-corrected chi connectivity index (χ1v) is 4.94. The smallest absolute Gasteiger partial charge is 0.237 e. The van der Waals surface area contributed by atoms with E-state index in [4.69, 9.17) is 10.5 Å². The molecule has 0 aromatic heterocycles. The zero-order valence-electron chi connectivity index (χ0n) is 7.63. The van der Waals surface area contributed by atoms with Crippen LogP contribution in [0.4, 0.5) is 14.5 Å². The second-order valence-electron chi connectivity index (χ2n) is 2.55. The largest absolute Gasteiger partial charge is 0.276 e. The minimum absolute atomic E-state index is 0.0263. The molecule has 0 saturated heterocycles.